The Kier molecular flexibility index (Phi) is 4.54. The maximum Gasteiger partial charge on any atom is 0.348 e. The van der Waals surface area contributed by atoms with Crippen LogP contribution in [0, 0.1) is 29.1 Å². The van der Waals surface area contributed by atoms with Crippen molar-refractivity contribution in [3.05, 3.63) is 75.4 Å². The summed E-state index contributed by atoms with van der Waals surface area (Å²) in [5.41, 5.74) is 0.305. The lowest BCUT2D eigenvalue weighted by atomic mass is 10.1. The van der Waals surface area contributed by atoms with Crippen molar-refractivity contribution in [3.63, 3.8) is 0 Å². The lowest BCUT2D eigenvalue weighted by Crippen LogP contribution is -2.11. The molecule has 0 amide bonds. The van der Waals surface area contributed by atoms with E-state index < -0.39 is 47.2 Å². The van der Waals surface area contributed by atoms with E-state index in [1.807, 2.05) is 6.07 Å². The highest BCUT2D eigenvalue weighted by Crippen LogP contribution is 2.42. The summed E-state index contributed by atoms with van der Waals surface area (Å²) in [6.07, 6.45) is 0. The summed E-state index contributed by atoms with van der Waals surface area (Å²) in [6.45, 7) is -0.867. The van der Waals surface area contributed by atoms with Gasteiger partial charge in [0, 0.05) is 16.0 Å². The first kappa shape index (κ1) is 18.4. The monoisotopic (exact) mass is 412 g/mol. The molecule has 144 valence electrons. The minimum absolute atomic E-state index is 0.120. The number of halogens is 5. The molecule has 4 rings (SSSR count). The fraction of sp³-hybridized carbons (Fsp3) is 0.105. The van der Waals surface area contributed by atoms with Crippen LogP contribution >= 0.6 is 11.3 Å². The Balaban J connectivity index is 1.58. The first-order chi connectivity index (χ1) is 13.4. The fourth-order valence-electron chi connectivity index (χ4n) is 2.79. The van der Waals surface area contributed by atoms with Gasteiger partial charge in [-0.3, -0.25) is 0 Å². The van der Waals surface area contributed by atoms with Gasteiger partial charge in [0.05, 0.1) is 5.56 Å². The van der Waals surface area contributed by atoms with E-state index in [0.29, 0.717) is 5.75 Å². The van der Waals surface area contributed by atoms with Crippen molar-refractivity contribution < 1.29 is 36.2 Å². The molecule has 1 aliphatic heterocycles. The van der Waals surface area contributed by atoms with Crippen molar-refractivity contribution in [2.45, 2.75) is 13.2 Å². The van der Waals surface area contributed by atoms with E-state index in [2.05, 4.69) is 0 Å². The zero-order chi connectivity index (χ0) is 20.0. The predicted molar refractivity (Wildman–Crippen MR) is 89.4 cm³/mol. The van der Waals surface area contributed by atoms with Crippen LogP contribution in [0.2, 0.25) is 0 Å². The van der Waals surface area contributed by atoms with E-state index in [9.17, 15) is 26.7 Å². The smallest absolute Gasteiger partial charge is 0.348 e. The molecule has 0 unspecified atom stereocenters. The second-order valence-electron chi connectivity index (χ2n) is 5.87. The standard InChI is InChI=1S/C19H9F5O3S/c20-13-10(14(21)16(23)17(24)15(13)22)7-27-19(25)12-5-8-6-26-11-4-2-1-3-9(11)18(8)28-12/h1-5H,6-7H2. The van der Waals surface area contributed by atoms with E-state index in [0.717, 1.165) is 27.3 Å². The van der Waals surface area contributed by atoms with Crippen LogP contribution in [0.15, 0.2) is 30.3 Å². The Hall–Kier alpha value is -2.94. The van der Waals surface area contributed by atoms with Crippen molar-refractivity contribution in [1.82, 2.24) is 0 Å². The van der Waals surface area contributed by atoms with Crippen molar-refractivity contribution in [2.75, 3.05) is 0 Å². The largest absolute Gasteiger partial charge is 0.488 e. The molecule has 0 fully saturated rings. The molecule has 2 aromatic carbocycles. The van der Waals surface area contributed by atoms with E-state index in [4.69, 9.17) is 9.47 Å². The van der Waals surface area contributed by atoms with Crippen LogP contribution in [0.4, 0.5) is 22.0 Å². The van der Waals surface area contributed by atoms with Gasteiger partial charge in [-0.1, -0.05) is 12.1 Å². The van der Waals surface area contributed by atoms with Gasteiger partial charge >= 0.3 is 5.97 Å². The highest BCUT2D eigenvalue weighted by atomic mass is 32.1. The molecule has 28 heavy (non-hydrogen) atoms. The Morgan fingerprint density at radius 3 is 2.36 bits per heavy atom. The van der Waals surface area contributed by atoms with Gasteiger partial charge < -0.3 is 9.47 Å². The number of ether oxygens (including phenoxy) is 2. The third-order valence-electron chi connectivity index (χ3n) is 4.17. The van der Waals surface area contributed by atoms with Gasteiger partial charge in [-0.2, -0.15) is 0 Å². The molecule has 0 aliphatic carbocycles. The number of carbonyl (C=O) groups is 1. The summed E-state index contributed by atoms with van der Waals surface area (Å²) >= 11 is 1.09. The number of para-hydroxylation sites is 1. The van der Waals surface area contributed by atoms with E-state index in [-0.39, 0.29) is 11.5 Å². The Morgan fingerprint density at radius 2 is 1.64 bits per heavy atom. The lowest BCUT2D eigenvalue weighted by molar-refractivity contribution is 0.0468. The number of hydrogen-bond donors (Lipinski definition) is 0. The molecular formula is C19H9F5O3S. The lowest BCUT2D eigenvalue weighted by Gasteiger charge is -2.16. The number of hydrogen-bond acceptors (Lipinski definition) is 4. The van der Waals surface area contributed by atoms with Crippen LogP contribution in [-0.2, 0) is 18.0 Å². The van der Waals surface area contributed by atoms with Gasteiger partial charge in [0.1, 0.15) is 23.8 Å². The fourth-order valence-corrected chi connectivity index (χ4v) is 3.88. The zero-order valence-corrected chi connectivity index (χ0v) is 14.6. The Morgan fingerprint density at radius 1 is 1.00 bits per heavy atom. The maximum absolute atomic E-state index is 13.7. The van der Waals surface area contributed by atoms with Crippen LogP contribution in [-0.4, -0.2) is 5.97 Å². The quantitative estimate of drug-likeness (QED) is 0.252. The van der Waals surface area contributed by atoms with Gasteiger partial charge in [-0.15, -0.1) is 11.3 Å². The topological polar surface area (TPSA) is 35.5 Å². The molecule has 1 aromatic heterocycles. The third-order valence-corrected chi connectivity index (χ3v) is 5.36. The normalized spacial score (nSPS) is 12.2. The summed E-state index contributed by atoms with van der Waals surface area (Å²) in [5.74, 6) is -10.8. The molecule has 2 heterocycles. The van der Waals surface area contributed by atoms with Gasteiger partial charge in [-0.25, -0.2) is 26.7 Å². The third kappa shape index (κ3) is 2.91. The summed E-state index contributed by atoms with van der Waals surface area (Å²) < 4.78 is 77.3. The second-order valence-corrected chi connectivity index (χ2v) is 6.93. The number of carbonyl (C=O) groups excluding carboxylic acids is 1. The van der Waals surface area contributed by atoms with Gasteiger partial charge in [-0.05, 0) is 18.2 Å². The molecule has 0 radical (unpaired) electrons. The van der Waals surface area contributed by atoms with Crippen LogP contribution in [0.25, 0.3) is 10.4 Å². The second kappa shape index (κ2) is 6.90. The maximum atomic E-state index is 13.7. The summed E-state index contributed by atoms with van der Waals surface area (Å²) in [7, 11) is 0. The summed E-state index contributed by atoms with van der Waals surface area (Å²) in [5, 5.41) is 0. The molecule has 0 spiro atoms. The van der Waals surface area contributed by atoms with Crippen LogP contribution in [0.5, 0.6) is 5.75 Å². The van der Waals surface area contributed by atoms with Crippen molar-refractivity contribution in [3.8, 4) is 16.2 Å². The van der Waals surface area contributed by atoms with E-state index >= 15 is 0 Å². The molecule has 0 atom stereocenters. The van der Waals surface area contributed by atoms with Gasteiger partial charge in [0.15, 0.2) is 23.3 Å². The Labute approximate surface area is 158 Å². The van der Waals surface area contributed by atoms with E-state index in [1.54, 1.807) is 18.2 Å². The highest BCUT2D eigenvalue weighted by molar-refractivity contribution is 7.17. The number of fused-ring (bicyclic) bond motifs is 3. The average molecular weight is 412 g/mol. The SMILES string of the molecule is O=C(OCc1c(F)c(F)c(F)c(F)c1F)c1cc2c(s1)-c1ccccc1OC2. The molecule has 9 heteroatoms. The van der Waals surface area contributed by atoms with Crippen molar-refractivity contribution in [1.29, 1.82) is 0 Å². The molecule has 0 saturated carbocycles. The van der Waals surface area contributed by atoms with Gasteiger partial charge in [0.25, 0.3) is 0 Å². The van der Waals surface area contributed by atoms with E-state index in [1.165, 1.54) is 6.07 Å². The number of thiophene rings is 1. The zero-order valence-electron chi connectivity index (χ0n) is 13.8. The summed E-state index contributed by atoms with van der Waals surface area (Å²) in [6, 6.07) is 8.71. The molecule has 0 N–H and O–H groups in total. The molecule has 3 nitrogen and oxygen atoms in total. The minimum Gasteiger partial charge on any atom is -0.488 e. The molecule has 0 bridgehead atoms. The van der Waals surface area contributed by atoms with Crippen LogP contribution in [0.1, 0.15) is 20.8 Å². The van der Waals surface area contributed by atoms with Gasteiger partial charge in [0.2, 0.25) is 5.82 Å². The van der Waals surface area contributed by atoms with Crippen molar-refractivity contribution >= 4 is 17.3 Å². The Bertz CT molecular complexity index is 1080. The molecule has 1 aliphatic rings. The van der Waals surface area contributed by atoms with Crippen LogP contribution < -0.4 is 4.74 Å². The minimum atomic E-state index is -2.27. The molecule has 0 saturated heterocycles. The molecule has 3 aromatic rings. The number of benzene rings is 2. The summed E-state index contributed by atoms with van der Waals surface area (Å²) in [4.78, 5) is 13.2. The highest BCUT2D eigenvalue weighted by Gasteiger charge is 2.27. The number of rotatable bonds is 3. The van der Waals surface area contributed by atoms with Crippen LogP contribution in [0.3, 0.4) is 0 Å². The average Bonchev–Trinajstić information content (AvgIpc) is 3.15. The van der Waals surface area contributed by atoms with Crippen molar-refractivity contribution in [2.24, 2.45) is 0 Å². The molecular weight excluding hydrogens is 403 g/mol. The first-order valence-electron chi connectivity index (χ1n) is 7.90. The number of esters is 1. The predicted octanol–water partition coefficient (Wildman–Crippen LogP) is 5.36. The first-order valence-corrected chi connectivity index (χ1v) is 8.72.